The minimum Gasteiger partial charge on any atom is -0.399 e. The van der Waals surface area contributed by atoms with Gasteiger partial charge in [0.1, 0.15) is 0 Å². The van der Waals surface area contributed by atoms with E-state index in [1.54, 1.807) is 6.07 Å². The Hall–Kier alpha value is -1.67. The van der Waals surface area contributed by atoms with Gasteiger partial charge in [0.05, 0.1) is 0 Å². The van der Waals surface area contributed by atoms with Crippen LogP contribution in [-0.4, -0.2) is 0 Å². The van der Waals surface area contributed by atoms with E-state index in [0.29, 0.717) is 16.4 Å². The Kier molecular flexibility index (Phi) is 2.52. The fourth-order valence-electron chi connectivity index (χ4n) is 1.51. The molecule has 0 aromatic heterocycles. The number of nitrogens with two attached hydrogens (primary N) is 2. The maximum absolute atomic E-state index is 6.08. The number of hydrogen-bond donors (Lipinski definition) is 2. The summed E-state index contributed by atoms with van der Waals surface area (Å²) in [6.45, 7) is 0. The topological polar surface area (TPSA) is 52.0 Å². The lowest BCUT2D eigenvalue weighted by atomic mass is 10.0. The van der Waals surface area contributed by atoms with Crippen LogP contribution in [0.1, 0.15) is 0 Å². The first-order valence-electron chi connectivity index (χ1n) is 4.58. The van der Waals surface area contributed by atoms with Gasteiger partial charge in [0.2, 0.25) is 0 Å². The summed E-state index contributed by atoms with van der Waals surface area (Å²) >= 11 is 6.08. The summed E-state index contributed by atoms with van der Waals surface area (Å²) in [7, 11) is 0. The van der Waals surface area contributed by atoms with Gasteiger partial charge in [0.15, 0.2) is 0 Å². The molecular formula is C12H11ClN2. The summed E-state index contributed by atoms with van der Waals surface area (Å²) in [5.74, 6) is 0. The third-order valence-electron chi connectivity index (χ3n) is 2.24. The van der Waals surface area contributed by atoms with E-state index in [1.165, 1.54) is 0 Å². The maximum Gasteiger partial charge on any atom is 0.0485 e. The highest BCUT2D eigenvalue weighted by Gasteiger charge is 2.05. The lowest BCUT2D eigenvalue weighted by Crippen LogP contribution is -1.93. The van der Waals surface area contributed by atoms with Gasteiger partial charge in [-0.25, -0.2) is 0 Å². The fourth-order valence-corrected chi connectivity index (χ4v) is 1.74. The van der Waals surface area contributed by atoms with Crippen molar-refractivity contribution in [3.63, 3.8) is 0 Å². The average Bonchev–Trinajstić information content (AvgIpc) is 2.20. The highest BCUT2D eigenvalue weighted by Crippen LogP contribution is 2.32. The molecule has 0 heterocycles. The molecule has 0 radical (unpaired) electrons. The number of nitrogen functional groups attached to an aromatic ring is 2. The second-order valence-corrected chi connectivity index (χ2v) is 3.73. The monoisotopic (exact) mass is 218 g/mol. The molecule has 0 unspecified atom stereocenters. The Labute approximate surface area is 93.5 Å². The van der Waals surface area contributed by atoms with Crippen LogP contribution in [-0.2, 0) is 0 Å². The Morgan fingerprint density at radius 1 is 0.867 bits per heavy atom. The van der Waals surface area contributed by atoms with Crippen LogP contribution in [0.3, 0.4) is 0 Å². The molecule has 0 amide bonds. The highest BCUT2D eigenvalue weighted by atomic mass is 35.5. The molecule has 15 heavy (non-hydrogen) atoms. The van der Waals surface area contributed by atoms with Gasteiger partial charge in [0.25, 0.3) is 0 Å². The van der Waals surface area contributed by atoms with E-state index in [1.807, 2.05) is 36.4 Å². The van der Waals surface area contributed by atoms with Gasteiger partial charge >= 0.3 is 0 Å². The number of hydrogen-bond acceptors (Lipinski definition) is 2. The van der Waals surface area contributed by atoms with E-state index >= 15 is 0 Å². The van der Waals surface area contributed by atoms with Crippen LogP contribution >= 0.6 is 11.6 Å². The molecule has 2 rings (SSSR count). The normalized spacial score (nSPS) is 10.2. The SMILES string of the molecule is Nc1ccc(-c2ccccc2Cl)c(N)c1. The van der Waals surface area contributed by atoms with E-state index in [-0.39, 0.29) is 0 Å². The molecular weight excluding hydrogens is 208 g/mol. The van der Waals surface area contributed by atoms with Crippen LogP contribution in [0.5, 0.6) is 0 Å². The van der Waals surface area contributed by atoms with Gasteiger partial charge in [-0.1, -0.05) is 35.9 Å². The fraction of sp³-hybridized carbons (Fsp3) is 0. The van der Waals surface area contributed by atoms with Crippen molar-refractivity contribution in [2.24, 2.45) is 0 Å². The van der Waals surface area contributed by atoms with Crippen LogP contribution < -0.4 is 11.5 Å². The smallest absolute Gasteiger partial charge is 0.0485 e. The largest absolute Gasteiger partial charge is 0.399 e. The van der Waals surface area contributed by atoms with Crippen molar-refractivity contribution in [2.45, 2.75) is 0 Å². The molecule has 2 aromatic carbocycles. The zero-order valence-electron chi connectivity index (χ0n) is 8.07. The van der Waals surface area contributed by atoms with Crippen molar-refractivity contribution in [3.8, 4) is 11.1 Å². The second-order valence-electron chi connectivity index (χ2n) is 3.33. The van der Waals surface area contributed by atoms with Gasteiger partial charge in [-0.3, -0.25) is 0 Å². The molecule has 0 spiro atoms. The van der Waals surface area contributed by atoms with Crippen LogP contribution in [0.4, 0.5) is 11.4 Å². The number of benzene rings is 2. The van der Waals surface area contributed by atoms with Gasteiger partial charge in [-0.15, -0.1) is 0 Å². The third kappa shape index (κ3) is 1.90. The zero-order valence-corrected chi connectivity index (χ0v) is 8.83. The van der Waals surface area contributed by atoms with Crippen molar-refractivity contribution in [1.82, 2.24) is 0 Å². The molecule has 4 N–H and O–H groups in total. The van der Waals surface area contributed by atoms with E-state index < -0.39 is 0 Å². The van der Waals surface area contributed by atoms with Crippen molar-refractivity contribution >= 4 is 23.0 Å². The van der Waals surface area contributed by atoms with Crippen molar-refractivity contribution in [1.29, 1.82) is 0 Å². The standard InChI is InChI=1S/C12H11ClN2/c13-11-4-2-1-3-9(11)10-6-5-8(14)7-12(10)15/h1-7H,14-15H2. The maximum atomic E-state index is 6.08. The molecule has 3 heteroatoms. The zero-order chi connectivity index (χ0) is 10.8. The first-order valence-corrected chi connectivity index (χ1v) is 4.96. The first kappa shape index (κ1) is 9.87. The third-order valence-corrected chi connectivity index (χ3v) is 2.57. The molecule has 2 aromatic rings. The summed E-state index contributed by atoms with van der Waals surface area (Å²) in [6.07, 6.45) is 0. The molecule has 2 nitrogen and oxygen atoms in total. The van der Waals surface area contributed by atoms with E-state index in [4.69, 9.17) is 23.1 Å². The van der Waals surface area contributed by atoms with Crippen LogP contribution in [0, 0.1) is 0 Å². The quantitative estimate of drug-likeness (QED) is 0.723. The molecule has 0 aliphatic heterocycles. The lowest BCUT2D eigenvalue weighted by molar-refractivity contribution is 1.60. The summed E-state index contributed by atoms with van der Waals surface area (Å²) in [4.78, 5) is 0. The predicted molar refractivity (Wildman–Crippen MR) is 65.7 cm³/mol. The molecule has 0 aliphatic rings. The molecule has 0 atom stereocenters. The first-order chi connectivity index (χ1) is 7.18. The van der Waals surface area contributed by atoms with Crippen LogP contribution in [0.2, 0.25) is 5.02 Å². The number of rotatable bonds is 1. The van der Waals surface area contributed by atoms with Crippen molar-refractivity contribution in [2.75, 3.05) is 11.5 Å². The van der Waals surface area contributed by atoms with Gasteiger partial charge < -0.3 is 11.5 Å². The number of anilines is 2. The highest BCUT2D eigenvalue weighted by molar-refractivity contribution is 6.33. The molecule has 0 bridgehead atoms. The van der Waals surface area contributed by atoms with E-state index in [0.717, 1.165) is 11.1 Å². The summed E-state index contributed by atoms with van der Waals surface area (Å²) < 4.78 is 0. The van der Waals surface area contributed by atoms with E-state index in [9.17, 15) is 0 Å². The minimum atomic E-state index is 0.642. The molecule has 0 aliphatic carbocycles. The average molecular weight is 219 g/mol. The summed E-state index contributed by atoms with van der Waals surface area (Å²) in [5, 5.41) is 0.689. The molecule has 0 saturated carbocycles. The van der Waals surface area contributed by atoms with Crippen molar-refractivity contribution in [3.05, 3.63) is 47.5 Å². The molecule has 0 saturated heterocycles. The van der Waals surface area contributed by atoms with Crippen LogP contribution in [0.25, 0.3) is 11.1 Å². The molecule has 0 fully saturated rings. The molecule has 76 valence electrons. The summed E-state index contributed by atoms with van der Waals surface area (Å²) in [6, 6.07) is 13.0. The minimum absolute atomic E-state index is 0.642. The van der Waals surface area contributed by atoms with Crippen molar-refractivity contribution < 1.29 is 0 Å². The van der Waals surface area contributed by atoms with Gasteiger partial charge in [0, 0.05) is 27.5 Å². The number of halogens is 1. The lowest BCUT2D eigenvalue weighted by Gasteiger charge is -2.08. The Bertz CT molecular complexity index is 495. The predicted octanol–water partition coefficient (Wildman–Crippen LogP) is 3.17. The van der Waals surface area contributed by atoms with Gasteiger partial charge in [-0.05, 0) is 18.2 Å². The second kappa shape index (κ2) is 3.83. The summed E-state index contributed by atoms with van der Waals surface area (Å²) in [5.41, 5.74) is 14.7. The van der Waals surface area contributed by atoms with Crippen LogP contribution in [0.15, 0.2) is 42.5 Å². The Morgan fingerprint density at radius 3 is 2.27 bits per heavy atom. The Balaban J connectivity index is 2.60. The van der Waals surface area contributed by atoms with E-state index in [2.05, 4.69) is 0 Å². The van der Waals surface area contributed by atoms with Gasteiger partial charge in [-0.2, -0.15) is 0 Å². The Morgan fingerprint density at radius 2 is 1.60 bits per heavy atom.